The summed E-state index contributed by atoms with van der Waals surface area (Å²) >= 11 is 9.89. The van der Waals surface area contributed by atoms with Crippen LogP contribution in [-0.4, -0.2) is 12.2 Å². The zero-order chi connectivity index (χ0) is 10.8. The summed E-state index contributed by atoms with van der Waals surface area (Å²) in [6.45, 7) is 5.24. The van der Waals surface area contributed by atoms with Crippen LogP contribution in [0.4, 0.5) is 0 Å². The van der Waals surface area contributed by atoms with Crippen LogP contribution >= 0.6 is 26.9 Å². The molecule has 0 radical (unpaired) electrons. The Kier molecular flexibility index (Phi) is 3.84. The summed E-state index contributed by atoms with van der Waals surface area (Å²) in [7, 11) is 0. The molecule has 0 heterocycles. The molecule has 1 unspecified atom stereocenters. The number of hydrogen-bond donors (Lipinski definition) is 0. The largest absolute Gasteiger partial charge is 0.151 e. The van der Waals surface area contributed by atoms with Gasteiger partial charge in [0.05, 0.1) is 0 Å². The van der Waals surface area contributed by atoms with Crippen molar-refractivity contribution in [3.8, 4) is 0 Å². The third kappa shape index (κ3) is 2.23. The van der Waals surface area contributed by atoms with Crippen LogP contribution in [0.3, 0.4) is 0 Å². The third-order valence-corrected chi connectivity index (χ3v) is 12.8. The molecule has 3 heteroatoms. The van der Waals surface area contributed by atoms with E-state index in [0.717, 1.165) is 5.50 Å². The maximum absolute atomic E-state index is 6.04. The van der Waals surface area contributed by atoms with Crippen molar-refractivity contribution in [3.05, 3.63) is 35.9 Å². The minimum absolute atomic E-state index is 0.163. The lowest BCUT2D eigenvalue weighted by Crippen LogP contribution is -2.47. The lowest BCUT2D eigenvalue weighted by molar-refractivity contribution is 0.733. The van der Waals surface area contributed by atoms with Crippen molar-refractivity contribution in [2.75, 3.05) is 5.50 Å². The molecule has 0 nitrogen and oxygen atoms in total. The molecule has 0 aliphatic rings. The first-order chi connectivity index (χ1) is 6.42. The Morgan fingerprint density at radius 2 is 1.79 bits per heavy atom. The Bertz CT molecular complexity index is 295. The fourth-order valence-corrected chi connectivity index (χ4v) is 4.11. The van der Waals surface area contributed by atoms with Gasteiger partial charge in [-0.15, -0.1) is 26.9 Å². The molecular formula is C11H16BrClSi. The van der Waals surface area contributed by atoms with Gasteiger partial charge in [0.1, 0.15) is 0 Å². The van der Waals surface area contributed by atoms with Crippen molar-refractivity contribution in [2.45, 2.75) is 25.4 Å². The van der Waals surface area contributed by atoms with E-state index in [1.54, 1.807) is 0 Å². The first-order valence-corrected chi connectivity index (χ1v) is 10.2. The highest BCUT2D eigenvalue weighted by Gasteiger charge is 2.41. The highest BCUT2D eigenvalue weighted by molar-refractivity contribution is 9.26. The minimum Gasteiger partial charge on any atom is -0.129 e. The van der Waals surface area contributed by atoms with Crippen LogP contribution in [0.1, 0.15) is 19.4 Å². The van der Waals surface area contributed by atoms with Crippen LogP contribution in [0.5, 0.6) is 0 Å². The number of rotatable bonds is 3. The lowest BCUT2D eigenvalue weighted by Gasteiger charge is -2.37. The first-order valence-electron chi connectivity index (χ1n) is 4.72. The Labute approximate surface area is 100 Å². The molecule has 78 valence electrons. The Morgan fingerprint density at radius 3 is 2.21 bits per heavy atom. The smallest absolute Gasteiger partial charge is 0.129 e. The van der Waals surface area contributed by atoms with E-state index in [0.29, 0.717) is 0 Å². The molecule has 1 rings (SSSR count). The lowest BCUT2D eigenvalue weighted by atomic mass is 10.0. The molecule has 1 atom stereocenters. The van der Waals surface area contributed by atoms with Crippen molar-refractivity contribution in [1.29, 1.82) is 0 Å². The van der Waals surface area contributed by atoms with E-state index in [4.69, 9.17) is 11.6 Å². The molecule has 0 amide bonds. The predicted molar refractivity (Wildman–Crippen MR) is 70.7 cm³/mol. The van der Waals surface area contributed by atoms with E-state index in [1.165, 1.54) is 5.56 Å². The van der Waals surface area contributed by atoms with Crippen LogP contribution < -0.4 is 0 Å². The van der Waals surface area contributed by atoms with Gasteiger partial charge in [0, 0.05) is 5.50 Å². The van der Waals surface area contributed by atoms with E-state index >= 15 is 0 Å². The zero-order valence-electron chi connectivity index (χ0n) is 8.85. The van der Waals surface area contributed by atoms with Crippen molar-refractivity contribution in [1.82, 2.24) is 0 Å². The van der Waals surface area contributed by atoms with Gasteiger partial charge in [-0.3, -0.25) is 0 Å². The number of hydrogen-bond acceptors (Lipinski definition) is 0. The molecule has 1 aromatic rings. The van der Waals surface area contributed by atoms with Crippen molar-refractivity contribution >= 4 is 33.6 Å². The van der Waals surface area contributed by atoms with Crippen LogP contribution in [0.15, 0.2) is 30.3 Å². The number of benzene rings is 1. The first kappa shape index (κ1) is 12.3. The topological polar surface area (TPSA) is 0 Å². The predicted octanol–water partition coefficient (Wildman–Crippen LogP) is 4.25. The van der Waals surface area contributed by atoms with Gasteiger partial charge in [-0.05, 0) is 10.6 Å². The monoisotopic (exact) mass is 290 g/mol. The van der Waals surface area contributed by atoms with E-state index in [9.17, 15) is 0 Å². The second-order valence-electron chi connectivity index (χ2n) is 4.32. The second kappa shape index (κ2) is 4.38. The number of alkyl halides is 1. The number of halogens is 2. The van der Waals surface area contributed by atoms with Crippen LogP contribution in [0, 0.1) is 0 Å². The molecule has 0 bridgehead atoms. The maximum Gasteiger partial charge on any atom is 0.151 e. The third-order valence-electron chi connectivity index (χ3n) is 3.05. The Hall–Kier alpha value is 0.207. The summed E-state index contributed by atoms with van der Waals surface area (Å²) in [6, 6.07) is 10.6. The van der Waals surface area contributed by atoms with E-state index in [1.807, 2.05) is 6.07 Å². The summed E-state index contributed by atoms with van der Waals surface area (Å²) in [5.41, 5.74) is 2.10. The second-order valence-corrected chi connectivity index (χ2v) is 14.3. The van der Waals surface area contributed by atoms with Gasteiger partial charge in [0.25, 0.3) is 0 Å². The van der Waals surface area contributed by atoms with Gasteiger partial charge in [0.15, 0.2) is 6.69 Å². The van der Waals surface area contributed by atoms with Crippen LogP contribution in [0.2, 0.25) is 6.55 Å². The van der Waals surface area contributed by atoms with E-state index < -0.39 is 6.69 Å². The maximum atomic E-state index is 6.04. The summed E-state index contributed by atoms with van der Waals surface area (Å²) in [5.74, 6) is 0. The van der Waals surface area contributed by atoms with Gasteiger partial charge in [-0.1, -0.05) is 50.7 Å². The molecule has 0 aromatic heterocycles. The normalized spacial score (nSPS) is 16.4. The molecule has 0 saturated heterocycles. The average molecular weight is 292 g/mol. The molecular weight excluding hydrogens is 276 g/mol. The van der Waals surface area contributed by atoms with Gasteiger partial charge in [0.2, 0.25) is 0 Å². The van der Waals surface area contributed by atoms with E-state index in [-0.39, 0.29) is 5.04 Å². The molecule has 14 heavy (non-hydrogen) atoms. The summed E-state index contributed by atoms with van der Waals surface area (Å²) in [6.07, 6.45) is 0. The fourth-order valence-electron chi connectivity index (χ4n) is 1.32. The summed E-state index contributed by atoms with van der Waals surface area (Å²) in [5, 5.41) is 0.163. The van der Waals surface area contributed by atoms with Gasteiger partial charge < -0.3 is 0 Å². The SMILES string of the molecule is CC(C)(c1ccccc1)[Si](C)(Br)CCl. The molecule has 0 spiro atoms. The van der Waals surface area contributed by atoms with Crippen molar-refractivity contribution in [3.63, 3.8) is 0 Å². The van der Waals surface area contributed by atoms with Crippen molar-refractivity contribution < 1.29 is 0 Å². The van der Waals surface area contributed by atoms with Gasteiger partial charge in [-0.2, -0.15) is 0 Å². The fraction of sp³-hybridized carbons (Fsp3) is 0.455. The summed E-state index contributed by atoms with van der Waals surface area (Å²) in [4.78, 5) is 0. The highest BCUT2D eigenvalue weighted by atomic mass is 79.9. The molecule has 0 fully saturated rings. The molecule has 0 aliphatic carbocycles. The molecule has 0 aliphatic heterocycles. The molecule has 0 N–H and O–H groups in total. The Balaban J connectivity index is 3.08. The molecule has 1 aromatic carbocycles. The Morgan fingerprint density at radius 1 is 1.29 bits per heavy atom. The van der Waals surface area contributed by atoms with Crippen molar-refractivity contribution in [2.24, 2.45) is 0 Å². The van der Waals surface area contributed by atoms with Gasteiger partial charge in [-0.25, -0.2) is 0 Å². The van der Waals surface area contributed by atoms with Crippen LogP contribution in [-0.2, 0) is 5.04 Å². The zero-order valence-corrected chi connectivity index (χ0v) is 12.2. The highest BCUT2D eigenvalue weighted by Crippen LogP contribution is 2.37. The quantitative estimate of drug-likeness (QED) is 0.444. The van der Waals surface area contributed by atoms with Gasteiger partial charge >= 0.3 is 0 Å². The van der Waals surface area contributed by atoms with E-state index in [2.05, 4.69) is 60.0 Å². The molecule has 0 saturated carbocycles. The standard InChI is InChI=1S/C11H16BrClSi/c1-11(2,14(3,12)9-13)10-7-5-4-6-8-10/h4-8H,9H2,1-3H3. The van der Waals surface area contributed by atoms with Crippen LogP contribution in [0.25, 0.3) is 0 Å². The minimum atomic E-state index is -1.57. The average Bonchev–Trinajstić information content (AvgIpc) is 2.19. The summed E-state index contributed by atoms with van der Waals surface area (Å²) < 4.78 is 0.